The van der Waals surface area contributed by atoms with Gasteiger partial charge in [-0.2, -0.15) is 0 Å². The predicted molar refractivity (Wildman–Crippen MR) is 126 cm³/mol. The van der Waals surface area contributed by atoms with Crippen molar-refractivity contribution in [2.24, 2.45) is 5.41 Å². The van der Waals surface area contributed by atoms with Crippen molar-refractivity contribution in [2.45, 2.75) is 20.3 Å². The molecule has 0 fully saturated rings. The highest BCUT2D eigenvalue weighted by molar-refractivity contribution is 9.10. The molecule has 0 aromatic heterocycles. The Morgan fingerprint density at radius 2 is 1.52 bits per heavy atom. The van der Waals surface area contributed by atoms with Gasteiger partial charge in [0.05, 0.1) is 0 Å². The lowest BCUT2D eigenvalue weighted by molar-refractivity contribution is -0.116. The fourth-order valence-corrected chi connectivity index (χ4v) is 3.46. The molecule has 2 nitrogen and oxygen atoms in total. The zero-order chi connectivity index (χ0) is 20.7. The van der Waals surface area contributed by atoms with Gasteiger partial charge >= 0.3 is 0 Å². The van der Waals surface area contributed by atoms with Crippen molar-refractivity contribution in [3.05, 3.63) is 101 Å². The van der Waals surface area contributed by atoms with Crippen LogP contribution in [-0.2, 0) is 11.2 Å². The third-order valence-electron chi connectivity index (χ3n) is 4.78. The predicted octanol–water partition coefficient (Wildman–Crippen LogP) is 6.51. The van der Waals surface area contributed by atoms with Gasteiger partial charge in [-0.25, -0.2) is 0 Å². The molecule has 0 saturated carbocycles. The summed E-state index contributed by atoms with van der Waals surface area (Å²) in [6, 6.07) is 26.8. The van der Waals surface area contributed by atoms with Crippen LogP contribution in [0.2, 0.25) is 0 Å². The van der Waals surface area contributed by atoms with E-state index in [1.54, 1.807) is 6.08 Å². The quantitative estimate of drug-likeness (QED) is 0.410. The molecule has 0 aliphatic rings. The number of halogens is 1. The lowest BCUT2D eigenvalue weighted by atomic mass is 9.85. The van der Waals surface area contributed by atoms with E-state index in [2.05, 4.69) is 83.6 Å². The fraction of sp³-hybridized carbons (Fsp3) is 0.192. The maximum atomic E-state index is 12.2. The summed E-state index contributed by atoms with van der Waals surface area (Å²) in [6.45, 7) is 4.96. The summed E-state index contributed by atoms with van der Waals surface area (Å²) in [5.41, 5.74) is 4.61. The molecule has 0 bridgehead atoms. The van der Waals surface area contributed by atoms with E-state index in [9.17, 15) is 4.79 Å². The number of carbonyl (C=O) groups excluding carboxylic acids is 1. The first-order valence-electron chi connectivity index (χ1n) is 9.77. The first-order chi connectivity index (χ1) is 13.9. The van der Waals surface area contributed by atoms with Crippen LogP contribution in [0.1, 0.15) is 25.0 Å². The minimum atomic E-state index is -0.0685. The highest BCUT2D eigenvalue weighted by Gasteiger charge is 2.19. The number of hydrogen-bond donors (Lipinski definition) is 1. The summed E-state index contributed by atoms with van der Waals surface area (Å²) >= 11 is 3.46. The summed E-state index contributed by atoms with van der Waals surface area (Å²) in [5, 5.41) is 3.03. The summed E-state index contributed by atoms with van der Waals surface area (Å²) < 4.78 is 1.08. The van der Waals surface area contributed by atoms with E-state index < -0.39 is 0 Å². The van der Waals surface area contributed by atoms with Gasteiger partial charge in [-0.3, -0.25) is 4.79 Å². The van der Waals surface area contributed by atoms with Gasteiger partial charge < -0.3 is 5.32 Å². The van der Waals surface area contributed by atoms with Crippen LogP contribution < -0.4 is 5.32 Å². The second-order valence-corrected chi connectivity index (χ2v) is 8.92. The zero-order valence-corrected chi connectivity index (χ0v) is 18.4. The molecule has 3 aromatic rings. The van der Waals surface area contributed by atoms with Gasteiger partial charge in [-0.05, 0) is 52.3 Å². The van der Waals surface area contributed by atoms with Crippen molar-refractivity contribution in [1.29, 1.82) is 0 Å². The highest BCUT2D eigenvalue weighted by Crippen LogP contribution is 2.22. The smallest absolute Gasteiger partial charge is 0.244 e. The van der Waals surface area contributed by atoms with E-state index >= 15 is 0 Å². The molecule has 0 unspecified atom stereocenters. The lowest BCUT2D eigenvalue weighted by Gasteiger charge is -2.25. The molecule has 1 N–H and O–H groups in total. The van der Waals surface area contributed by atoms with Gasteiger partial charge in [-0.1, -0.05) is 96.5 Å². The van der Waals surface area contributed by atoms with Gasteiger partial charge in [0.25, 0.3) is 0 Å². The third kappa shape index (κ3) is 6.72. The SMILES string of the molecule is CC(C)(CNC(=O)/C=C/c1ccc(-c2ccccc2)cc1)Cc1ccc(Br)cc1. The maximum absolute atomic E-state index is 12.2. The second kappa shape index (κ2) is 9.71. The molecule has 0 aliphatic carbocycles. The summed E-state index contributed by atoms with van der Waals surface area (Å²) in [5.74, 6) is -0.0685. The zero-order valence-electron chi connectivity index (χ0n) is 16.9. The number of carbonyl (C=O) groups is 1. The van der Waals surface area contributed by atoms with E-state index in [0.29, 0.717) is 6.54 Å². The van der Waals surface area contributed by atoms with Crippen LogP contribution in [0, 0.1) is 5.41 Å². The van der Waals surface area contributed by atoms with Crippen LogP contribution in [0.25, 0.3) is 17.2 Å². The Labute approximate surface area is 181 Å². The van der Waals surface area contributed by atoms with Crippen molar-refractivity contribution in [3.8, 4) is 11.1 Å². The number of nitrogens with one attached hydrogen (secondary N) is 1. The Bertz CT molecular complexity index is 958. The van der Waals surface area contributed by atoms with Gasteiger partial charge in [0, 0.05) is 17.1 Å². The summed E-state index contributed by atoms with van der Waals surface area (Å²) in [4.78, 5) is 12.2. The number of hydrogen-bond acceptors (Lipinski definition) is 1. The van der Waals surface area contributed by atoms with Crippen LogP contribution in [0.15, 0.2) is 89.4 Å². The highest BCUT2D eigenvalue weighted by atomic mass is 79.9. The summed E-state index contributed by atoms with van der Waals surface area (Å²) in [6.07, 6.45) is 4.37. The van der Waals surface area contributed by atoms with Crippen LogP contribution >= 0.6 is 15.9 Å². The van der Waals surface area contributed by atoms with Crippen LogP contribution in [0.3, 0.4) is 0 Å². The molecule has 0 radical (unpaired) electrons. The molecule has 0 aliphatic heterocycles. The van der Waals surface area contributed by atoms with E-state index in [-0.39, 0.29) is 11.3 Å². The van der Waals surface area contributed by atoms with Crippen molar-refractivity contribution in [2.75, 3.05) is 6.54 Å². The molecule has 148 valence electrons. The average Bonchev–Trinajstić information content (AvgIpc) is 2.73. The van der Waals surface area contributed by atoms with Crippen molar-refractivity contribution >= 4 is 27.9 Å². The second-order valence-electron chi connectivity index (χ2n) is 8.01. The molecule has 1 amide bonds. The normalized spacial score (nSPS) is 11.6. The molecular formula is C26H26BrNO. The lowest BCUT2D eigenvalue weighted by Crippen LogP contribution is -2.34. The number of amides is 1. The van der Waals surface area contributed by atoms with Crippen molar-refractivity contribution in [3.63, 3.8) is 0 Å². The average molecular weight is 448 g/mol. The van der Waals surface area contributed by atoms with Crippen molar-refractivity contribution in [1.82, 2.24) is 5.32 Å². The van der Waals surface area contributed by atoms with Gasteiger partial charge in [0.15, 0.2) is 0 Å². The maximum Gasteiger partial charge on any atom is 0.244 e. The monoisotopic (exact) mass is 447 g/mol. The minimum Gasteiger partial charge on any atom is -0.352 e. The minimum absolute atomic E-state index is 0.0192. The van der Waals surface area contributed by atoms with E-state index in [0.717, 1.165) is 16.5 Å². The Balaban J connectivity index is 1.52. The van der Waals surface area contributed by atoms with Gasteiger partial charge in [-0.15, -0.1) is 0 Å². The van der Waals surface area contributed by atoms with Crippen LogP contribution in [-0.4, -0.2) is 12.5 Å². The molecule has 29 heavy (non-hydrogen) atoms. The number of rotatable bonds is 7. The first kappa shape index (κ1) is 21.1. The molecular weight excluding hydrogens is 422 g/mol. The van der Waals surface area contributed by atoms with Gasteiger partial charge in [0.1, 0.15) is 0 Å². The topological polar surface area (TPSA) is 29.1 Å². The Kier molecular flexibility index (Phi) is 7.05. The van der Waals surface area contributed by atoms with E-state index in [1.807, 2.05) is 36.4 Å². The van der Waals surface area contributed by atoms with E-state index in [4.69, 9.17) is 0 Å². The molecule has 3 rings (SSSR count). The first-order valence-corrected chi connectivity index (χ1v) is 10.6. The standard InChI is InChI=1S/C26H26BrNO/c1-26(2,18-21-10-15-24(27)16-11-21)19-28-25(29)17-12-20-8-13-23(14-9-20)22-6-4-3-5-7-22/h3-17H,18-19H2,1-2H3,(H,28,29)/b17-12+. The van der Waals surface area contributed by atoms with E-state index in [1.165, 1.54) is 16.7 Å². The molecule has 0 spiro atoms. The number of benzene rings is 3. The van der Waals surface area contributed by atoms with Crippen molar-refractivity contribution < 1.29 is 4.79 Å². The molecule has 0 atom stereocenters. The molecule has 3 aromatic carbocycles. The molecule has 3 heteroatoms. The third-order valence-corrected chi connectivity index (χ3v) is 5.31. The summed E-state index contributed by atoms with van der Waals surface area (Å²) in [7, 11) is 0. The van der Waals surface area contributed by atoms with Gasteiger partial charge in [0.2, 0.25) is 5.91 Å². The Morgan fingerprint density at radius 1 is 0.897 bits per heavy atom. The molecule has 0 heterocycles. The van der Waals surface area contributed by atoms with Crippen LogP contribution in [0.4, 0.5) is 0 Å². The largest absolute Gasteiger partial charge is 0.352 e. The van der Waals surface area contributed by atoms with Crippen LogP contribution in [0.5, 0.6) is 0 Å². The molecule has 0 saturated heterocycles. The Hall–Kier alpha value is -2.65. The fourth-order valence-electron chi connectivity index (χ4n) is 3.19. The Morgan fingerprint density at radius 3 is 2.17 bits per heavy atom.